The van der Waals surface area contributed by atoms with Gasteiger partial charge in [-0.05, 0) is 62.0 Å². The van der Waals surface area contributed by atoms with Gasteiger partial charge in [0.2, 0.25) is 0 Å². The number of nitrogens with one attached hydrogen (secondary N) is 2. The van der Waals surface area contributed by atoms with Gasteiger partial charge in [0, 0.05) is 11.1 Å². The van der Waals surface area contributed by atoms with Gasteiger partial charge in [-0.1, -0.05) is 42.5 Å². The van der Waals surface area contributed by atoms with Gasteiger partial charge in [-0.3, -0.25) is 4.99 Å². The van der Waals surface area contributed by atoms with Crippen molar-refractivity contribution in [1.82, 2.24) is 5.32 Å². The maximum Gasteiger partial charge on any atom is 0.108 e. The van der Waals surface area contributed by atoms with Crippen LogP contribution in [-0.2, 0) is 13.0 Å². The van der Waals surface area contributed by atoms with Crippen molar-refractivity contribution in [2.24, 2.45) is 10.4 Å². The van der Waals surface area contributed by atoms with Gasteiger partial charge in [0.1, 0.15) is 5.84 Å². The second-order valence-electron chi connectivity index (χ2n) is 7.14. The van der Waals surface area contributed by atoms with Crippen LogP contribution in [0.5, 0.6) is 0 Å². The Morgan fingerprint density at radius 2 is 1.83 bits per heavy atom. The van der Waals surface area contributed by atoms with Crippen molar-refractivity contribution in [2.75, 3.05) is 18.4 Å². The number of amidine groups is 1. The molecule has 2 aliphatic heterocycles. The molecular formula is C21H25N3. The average molecular weight is 319 g/mol. The van der Waals surface area contributed by atoms with Crippen molar-refractivity contribution in [1.29, 1.82) is 0 Å². The molecule has 0 atom stereocenters. The van der Waals surface area contributed by atoms with Crippen molar-refractivity contribution in [3.63, 3.8) is 0 Å². The molecule has 0 saturated carbocycles. The van der Waals surface area contributed by atoms with Crippen LogP contribution in [0, 0.1) is 12.3 Å². The molecule has 4 rings (SSSR count). The maximum absolute atomic E-state index is 5.04. The molecule has 1 saturated heterocycles. The standard InChI is InChI=1S/C21H25N3/c1-16-7-8-18-14-21(9-11-22-12-10-21)20(24-19(18)13-16)23-15-17-5-3-2-4-6-17/h2-8,13,22H,9-12,14-15H2,1H3,(H,23,24). The Kier molecular flexibility index (Phi) is 4.11. The van der Waals surface area contributed by atoms with Gasteiger partial charge < -0.3 is 10.6 Å². The highest BCUT2D eigenvalue weighted by Crippen LogP contribution is 2.41. The molecule has 3 heteroatoms. The molecule has 0 amide bonds. The van der Waals surface area contributed by atoms with Crippen LogP contribution in [0.15, 0.2) is 53.5 Å². The molecule has 2 aliphatic rings. The Hall–Kier alpha value is -2.13. The lowest BCUT2D eigenvalue weighted by Gasteiger charge is -2.43. The Morgan fingerprint density at radius 3 is 2.62 bits per heavy atom. The molecule has 24 heavy (non-hydrogen) atoms. The van der Waals surface area contributed by atoms with Gasteiger partial charge >= 0.3 is 0 Å². The Labute approximate surface area is 144 Å². The highest BCUT2D eigenvalue weighted by Gasteiger charge is 2.41. The van der Waals surface area contributed by atoms with E-state index in [1.165, 1.54) is 28.2 Å². The highest BCUT2D eigenvalue weighted by atomic mass is 15.0. The Morgan fingerprint density at radius 1 is 1.04 bits per heavy atom. The number of aliphatic imine (C=N–C) groups is 1. The molecule has 0 bridgehead atoms. The summed E-state index contributed by atoms with van der Waals surface area (Å²) < 4.78 is 0. The predicted molar refractivity (Wildman–Crippen MR) is 101 cm³/mol. The van der Waals surface area contributed by atoms with E-state index in [0.29, 0.717) is 0 Å². The maximum atomic E-state index is 5.04. The molecule has 124 valence electrons. The number of hydrogen-bond acceptors (Lipinski definition) is 2. The zero-order chi connectivity index (χ0) is 16.4. The van der Waals surface area contributed by atoms with Crippen LogP contribution in [0.2, 0.25) is 0 Å². The second-order valence-corrected chi connectivity index (χ2v) is 7.14. The molecule has 2 aromatic rings. The van der Waals surface area contributed by atoms with Crippen molar-refractivity contribution in [2.45, 2.75) is 32.7 Å². The van der Waals surface area contributed by atoms with Crippen LogP contribution in [0.1, 0.15) is 29.5 Å². The summed E-state index contributed by atoms with van der Waals surface area (Å²) in [5.41, 5.74) is 5.41. The van der Waals surface area contributed by atoms with Crippen LogP contribution in [0.25, 0.3) is 0 Å². The summed E-state index contributed by atoms with van der Waals surface area (Å²) in [7, 11) is 0. The highest BCUT2D eigenvalue weighted by molar-refractivity contribution is 6.02. The first-order valence-corrected chi connectivity index (χ1v) is 8.91. The lowest BCUT2D eigenvalue weighted by molar-refractivity contribution is 0.293. The quantitative estimate of drug-likeness (QED) is 0.880. The summed E-state index contributed by atoms with van der Waals surface area (Å²) in [5.74, 6) is 1.19. The molecule has 0 radical (unpaired) electrons. The minimum atomic E-state index is 0.169. The van der Waals surface area contributed by atoms with E-state index in [0.717, 1.165) is 38.9 Å². The Bertz CT molecular complexity index is 743. The van der Waals surface area contributed by atoms with E-state index in [-0.39, 0.29) is 5.41 Å². The number of hydrogen-bond donors (Lipinski definition) is 2. The van der Waals surface area contributed by atoms with E-state index >= 15 is 0 Å². The van der Waals surface area contributed by atoms with Crippen LogP contribution >= 0.6 is 0 Å². The molecule has 0 unspecified atom stereocenters. The van der Waals surface area contributed by atoms with E-state index in [4.69, 9.17) is 4.99 Å². The fourth-order valence-corrected chi connectivity index (χ4v) is 3.95. The second kappa shape index (κ2) is 6.40. The third-order valence-corrected chi connectivity index (χ3v) is 5.37. The molecule has 1 fully saturated rings. The fraction of sp³-hybridized carbons (Fsp3) is 0.381. The first-order chi connectivity index (χ1) is 11.8. The molecule has 3 nitrogen and oxygen atoms in total. The summed E-state index contributed by atoms with van der Waals surface area (Å²) >= 11 is 0. The summed E-state index contributed by atoms with van der Waals surface area (Å²) in [6, 6.07) is 17.3. The van der Waals surface area contributed by atoms with Gasteiger partial charge in [-0.15, -0.1) is 0 Å². The molecule has 2 aromatic carbocycles. The summed E-state index contributed by atoms with van der Waals surface area (Å²) in [6.07, 6.45) is 3.41. The zero-order valence-electron chi connectivity index (χ0n) is 14.3. The number of aryl methyl sites for hydroxylation is 1. The number of anilines is 1. The van der Waals surface area contributed by atoms with Gasteiger partial charge in [-0.2, -0.15) is 0 Å². The summed E-state index contributed by atoms with van der Waals surface area (Å²) in [6.45, 7) is 5.05. The Balaban J connectivity index is 1.68. The van der Waals surface area contributed by atoms with Crippen LogP contribution in [0.3, 0.4) is 0 Å². The topological polar surface area (TPSA) is 36.4 Å². The first kappa shape index (κ1) is 15.4. The number of piperidine rings is 1. The minimum Gasteiger partial charge on any atom is -0.343 e. The minimum absolute atomic E-state index is 0.169. The molecule has 2 N–H and O–H groups in total. The van der Waals surface area contributed by atoms with Crippen LogP contribution in [0.4, 0.5) is 5.69 Å². The van der Waals surface area contributed by atoms with Gasteiger partial charge in [0.05, 0.1) is 6.54 Å². The fourth-order valence-electron chi connectivity index (χ4n) is 3.95. The molecule has 0 aromatic heterocycles. The SMILES string of the molecule is Cc1ccc2c(c1)NC(=NCc1ccccc1)C1(CCNCC1)C2. The molecule has 2 heterocycles. The van der Waals surface area contributed by atoms with E-state index in [2.05, 4.69) is 66.1 Å². The van der Waals surface area contributed by atoms with Crippen molar-refractivity contribution < 1.29 is 0 Å². The number of fused-ring (bicyclic) bond motifs is 1. The van der Waals surface area contributed by atoms with Gasteiger partial charge in [-0.25, -0.2) is 0 Å². The largest absolute Gasteiger partial charge is 0.343 e. The van der Waals surface area contributed by atoms with E-state index in [1.807, 2.05) is 0 Å². The van der Waals surface area contributed by atoms with Crippen molar-refractivity contribution in [3.05, 3.63) is 65.2 Å². The normalized spacial score (nSPS) is 20.6. The smallest absolute Gasteiger partial charge is 0.108 e. The average Bonchev–Trinajstić information content (AvgIpc) is 2.62. The summed E-state index contributed by atoms with van der Waals surface area (Å²) in [4.78, 5) is 5.04. The number of rotatable bonds is 2. The van der Waals surface area contributed by atoms with Crippen molar-refractivity contribution in [3.8, 4) is 0 Å². The molecule has 0 aliphatic carbocycles. The van der Waals surface area contributed by atoms with E-state index < -0.39 is 0 Å². The lowest BCUT2D eigenvalue weighted by Crippen LogP contribution is -2.48. The van der Waals surface area contributed by atoms with Crippen LogP contribution < -0.4 is 10.6 Å². The third-order valence-electron chi connectivity index (χ3n) is 5.37. The van der Waals surface area contributed by atoms with Crippen molar-refractivity contribution >= 4 is 11.5 Å². The first-order valence-electron chi connectivity index (χ1n) is 8.91. The van der Waals surface area contributed by atoms with Gasteiger partial charge in [0.15, 0.2) is 0 Å². The predicted octanol–water partition coefficient (Wildman–Crippen LogP) is 3.93. The number of benzene rings is 2. The monoisotopic (exact) mass is 319 g/mol. The van der Waals surface area contributed by atoms with E-state index in [9.17, 15) is 0 Å². The van der Waals surface area contributed by atoms with Crippen LogP contribution in [-0.4, -0.2) is 18.9 Å². The zero-order valence-corrected chi connectivity index (χ0v) is 14.3. The number of nitrogens with zero attached hydrogens (tertiary/aromatic N) is 1. The third kappa shape index (κ3) is 2.96. The van der Waals surface area contributed by atoms with E-state index in [1.54, 1.807) is 0 Å². The lowest BCUT2D eigenvalue weighted by atomic mass is 9.70. The van der Waals surface area contributed by atoms with Gasteiger partial charge in [0.25, 0.3) is 0 Å². The summed E-state index contributed by atoms with van der Waals surface area (Å²) in [5, 5.41) is 7.19. The molecule has 1 spiro atoms. The molecular weight excluding hydrogens is 294 g/mol.